The van der Waals surface area contributed by atoms with Gasteiger partial charge in [0.1, 0.15) is 0 Å². The van der Waals surface area contributed by atoms with E-state index in [0.717, 1.165) is 15.9 Å². The maximum atomic E-state index is 12.2. The van der Waals surface area contributed by atoms with Crippen LogP contribution in [0.2, 0.25) is 0 Å². The van der Waals surface area contributed by atoms with Crippen molar-refractivity contribution in [1.29, 1.82) is 0 Å². The molecule has 1 N–H and O–H groups in total. The predicted octanol–water partition coefficient (Wildman–Crippen LogP) is 2.96. The van der Waals surface area contributed by atoms with E-state index in [-0.39, 0.29) is 12.5 Å². The topological polar surface area (TPSA) is 29.9 Å². The molecule has 0 fully saturated rings. The average molecular weight is 328 g/mol. The van der Waals surface area contributed by atoms with Gasteiger partial charge in [0.15, 0.2) is 0 Å². The molecule has 3 nitrogen and oxygen atoms in total. The van der Waals surface area contributed by atoms with Crippen LogP contribution in [0.1, 0.15) is 24.2 Å². The van der Waals surface area contributed by atoms with Crippen molar-refractivity contribution in [2.75, 3.05) is 7.05 Å². The first kappa shape index (κ1) is 15.5. The molecule has 0 aromatic carbocycles. The van der Waals surface area contributed by atoms with E-state index < -0.39 is 12.6 Å². The van der Waals surface area contributed by atoms with Gasteiger partial charge in [0.05, 0.1) is 15.9 Å². The van der Waals surface area contributed by atoms with E-state index in [1.54, 1.807) is 18.8 Å². The van der Waals surface area contributed by atoms with Crippen molar-refractivity contribution in [3.63, 3.8) is 0 Å². The molecule has 0 aliphatic rings. The second-order valence-corrected chi connectivity index (χ2v) is 5.11. The molecule has 1 heterocycles. The summed E-state index contributed by atoms with van der Waals surface area (Å²) in [5, 5.41) is 7.15. The number of hydrogen-bond donors (Lipinski definition) is 1. The first-order valence-electron chi connectivity index (χ1n) is 5.66. The molecule has 1 aromatic rings. The summed E-state index contributed by atoms with van der Waals surface area (Å²) in [4.78, 5) is 0. The summed E-state index contributed by atoms with van der Waals surface area (Å²) in [5.74, 6) is 0. The fourth-order valence-corrected chi connectivity index (χ4v) is 2.32. The molecule has 0 spiro atoms. The molecule has 1 atom stereocenters. The lowest BCUT2D eigenvalue weighted by molar-refractivity contribution is -0.136. The normalized spacial score (nSPS) is 13.9. The van der Waals surface area contributed by atoms with E-state index in [1.165, 1.54) is 0 Å². The van der Waals surface area contributed by atoms with E-state index in [2.05, 4.69) is 26.3 Å². The summed E-state index contributed by atoms with van der Waals surface area (Å²) in [6.45, 7) is 1.86. The number of halogens is 4. The van der Waals surface area contributed by atoms with Crippen molar-refractivity contribution in [1.82, 2.24) is 15.1 Å². The summed E-state index contributed by atoms with van der Waals surface area (Å²) >= 11 is 3.42. The number of alkyl halides is 3. The van der Waals surface area contributed by atoms with Crippen LogP contribution in [0.3, 0.4) is 0 Å². The summed E-state index contributed by atoms with van der Waals surface area (Å²) in [6, 6.07) is -0.210. The molecule has 0 saturated heterocycles. The Bertz CT molecular complexity index is 401. The second kappa shape index (κ2) is 6.06. The van der Waals surface area contributed by atoms with E-state index >= 15 is 0 Å². The van der Waals surface area contributed by atoms with Crippen molar-refractivity contribution < 1.29 is 13.2 Å². The van der Waals surface area contributed by atoms with Crippen molar-refractivity contribution in [2.45, 2.75) is 38.4 Å². The van der Waals surface area contributed by atoms with Gasteiger partial charge in [0, 0.05) is 25.9 Å². The Morgan fingerprint density at radius 1 is 1.44 bits per heavy atom. The third-order valence-electron chi connectivity index (χ3n) is 2.89. The van der Waals surface area contributed by atoms with Gasteiger partial charge in [-0.2, -0.15) is 18.3 Å². The molecule has 18 heavy (non-hydrogen) atoms. The Labute approximate surface area is 113 Å². The van der Waals surface area contributed by atoms with Crippen LogP contribution in [0.4, 0.5) is 13.2 Å². The SMILES string of the molecule is CNC(CCC(F)(F)F)Cc1c(Br)c(C)nn1C. The highest BCUT2D eigenvalue weighted by molar-refractivity contribution is 9.10. The van der Waals surface area contributed by atoms with Crippen LogP contribution in [0.25, 0.3) is 0 Å². The molecule has 0 radical (unpaired) electrons. The van der Waals surface area contributed by atoms with Crippen LogP contribution in [-0.4, -0.2) is 29.0 Å². The lowest BCUT2D eigenvalue weighted by atomic mass is 10.1. The average Bonchev–Trinajstić information content (AvgIpc) is 2.48. The zero-order valence-corrected chi connectivity index (χ0v) is 12.2. The molecular weight excluding hydrogens is 311 g/mol. The number of aryl methyl sites for hydroxylation is 2. The summed E-state index contributed by atoms with van der Waals surface area (Å²) in [7, 11) is 3.47. The summed E-state index contributed by atoms with van der Waals surface area (Å²) in [5.41, 5.74) is 1.76. The lowest BCUT2D eigenvalue weighted by Gasteiger charge is -2.17. The van der Waals surface area contributed by atoms with Gasteiger partial charge in [0.25, 0.3) is 0 Å². The number of nitrogens with zero attached hydrogens (tertiary/aromatic N) is 2. The van der Waals surface area contributed by atoms with Gasteiger partial charge in [-0.3, -0.25) is 4.68 Å². The Balaban J connectivity index is 2.68. The Hall–Kier alpha value is -0.560. The van der Waals surface area contributed by atoms with Gasteiger partial charge in [-0.1, -0.05) is 0 Å². The van der Waals surface area contributed by atoms with Crippen molar-refractivity contribution in [3.8, 4) is 0 Å². The highest BCUT2D eigenvalue weighted by Gasteiger charge is 2.28. The van der Waals surface area contributed by atoms with Crippen molar-refractivity contribution in [2.24, 2.45) is 7.05 Å². The molecule has 0 amide bonds. The van der Waals surface area contributed by atoms with Gasteiger partial charge in [0.2, 0.25) is 0 Å². The van der Waals surface area contributed by atoms with E-state index in [1.807, 2.05) is 6.92 Å². The standard InChI is InChI=1S/C11H17BrF3N3/c1-7-10(12)9(18(3)17-7)6-8(16-2)4-5-11(13,14)15/h8,16H,4-6H2,1-3H3. The number of aromatic nitrogens is 2. The molecule has 104 valence electrons. The highest BCUT2D eigenvalue weighted by Crippen LogP contribution is 2.25. The predicted molar refractivity (Wildman–Crippen MR) is 67.5 cm³/mol. The third kappa shape index (κ3) is 4.28. The summed E-state index contributed by atoms with van der Waals surface area (Å²) < 4.78 is 39.2. The third-order valence-corrected chi connectivity index (χ3v) is 3.92. The Morgan fingerprint density at radius 2 is 2.06 bits per heavy atom. The van der Waals surface area contributed by atoms with Gasteiger partial charge < -0.3 is 5.32 Å². The monoisotopic (exact) mass is 327 g/mol. The molecule has 0 aliphatic heterocycles. The molecule has 1 unspecified atom stereocenters. The zero-order chi connectivity index (χ0) is 13.9. The van der Waals surface area contributed by atoms with Gasteiger partial charge in [-0.05, 0) is 36.3 Å². The number of likely N-dealkylation sites (N-methyl/N-ethyl adjacent to an activating group) is 1. The molecule has 1 rings (SSSR count). The number of rotatable bonds is 5. The smallest absolute Gasteiger partial charge is 0.317 e. The van der Waals surface area contributed by atoms with Gasteiger partial charge in [-0.15, -0.1) is 0 Å². The van der Waals surface area contributed by atoms with Gasteiger partial charge >= 0.3 is 6.18 Å². The van der Waals surface area contributed by atoms with Crippen LogP contribution < -0.4 is 5.32 Å². The molecule has 0 saturated carbocycles. The largest absolute Gasteiger partial charge is 0.389 e. The van der Waals surface area contributed by atoms with Crippen LogP contribution in [0.15, 0.2) is 4.47 Å². The van der Waals surface area contributed by atoms with Crippen LogP contribution in [0.5, 0.6) is 0 Å². The zero-order valence-electron chi connectivity index (χ0n) is 10.6. The minimum absolute atomic E-state index is 0.0661. The highest BCUT2D eigenvalue weighted by atomic mass is 79.9. The van der Waals surface area contributed by atoms with E-state index in [0.29, 0.717) is 6.42 Å². The first-order valence-corrected chi connectivity index (χ1v) is 6.46. The first-order chi connectivity index (χ1) is 8.24. The number of nitrogens with one attached hydrogen (secondary N) is 1. The van der Waals surface area contributed by atoms with E-state index in [9.17, 15) is 13.2 Å². The van der Waals surface area contributed by atoms with Gasteiger partial charge in [-0.25, -0.2) is 0 Å². The fraction of sp³-hybridized carbons (Fsp3) is 0.727. The Morgan fingerprint density at radius 3 is 2.44 bits per heavy atom. The minimum atomic E-state index is -4.10. The van der Waals surface area contributed by atoms with Crippen LogP contribution in [-0.2, 0) is 13.5 Å². The maximum Gasteiger partial charge on any atom is 0.389 e. The molecular formula is C11H17BrF3N3. The quantitative estimate of drug-likeness (QED) is 0.901. The van der Waals surface area contributed by atoms with Crippen LogP contribution >= 0.6 is 15.9 Å². The molecule has 1 aromatic heterocycles. The van der Waals surface area contributed by atoms with E-state index in [4.69, 9.17) is 0 Å². The summed E-state index contributed by atoms with van der Waals surface area (Å²) in [6.07, 6.45) is -4.29. The molecule has 0 bridgehead atoms. The minimum Gasteiger partial charge on any atom is -0.317 e. The van der Waals surface area contributed by atoms with Crippen LogP contribution in [0, 0.1) is 6.92 Å². The molecule has 7 heteroatoms. The second-order valence-electron chi connectivity index (χ2n) is 4.31. The van der Waals surface area contributed by atoms with Crippen molar-refractivity contribution >= 4 is 15.9 Å². The lowest BCUT2D eigenvalue weighted by Crippen LogP contribution is -2.30. The maximum absolute atomic E-state index is 12.2. The number of hydrogen-bond acceptors (Lipinski definition) is 2. The molecule has 0 aliphatic carbocycles. The Kier molecular flexibility index (Phi) is 5.21. The fourth-order valence-electron chi connectivity index (χ4n) is 1.82. The van der Waals surface area contributed by atoms with Crippen molar-refractivity contribution in [3.05, 3.63) is 15.9 Å².